The van der Waals surface area contributed by atoms with Gasteiger partial charge >= 0.3 is 0 Å². The minimum absolute atomic E-state index is 0.917. The van der Waals surface area contributed by atoms with Crippen LogP contribution in [0.3, 0.4) is 0 Å². The van der Waals surface area contributed by atoms with Gasteiger partial charge in [-0.25, -0.2) is 0 Å². The van der Waals surface area contributed by atoms with Crippen LogP contribution in [-0.4, -0.2) is 9.97 Å². The first-order valence-electron chi connectivity index (χ1n) is 5.79. The van der Waals surface area contributed by atoms with E-state index in [1.807, 2.05) is 24.5 Å². The third kappa shape index (κ3) is 2.36. The van der Waals surface area contributed by atoms with Crippen molar-refractivity contribution in [2.24, 2.45) is 0 Å². The maximum atomic E-state index is 4.46. The van der Waals surface area contributed by atoms with E-state index in [2.05, 4.69) is 40.3 Å². The Morgan fingerprint density at radius 1 is 0.944 bits per heavy atom. The fourth-order valence-electron chi connectivity index (χ4n) is 1.88. The topological polar surface area (TPSA) is 25.8 Å². The second-order valence-electron chi connectivity index (χ2n) is 3.97. The molecule has 1 aromatic carbocycles. The number of hydrogen-bond acceptors (Lipinski definition) is 3. The van der Waals surface area contributed by atoms with Gasteiger partial charge in [-0.2, -0.15) is 0 Å². The van der Waals surface area contributed by atoms with E-state index >= 15 is 0 Å². The minimum atomic E-state index is 0.917. The largest absolute Gasteiger partial charge is 0.264 e. The smallest absolute Gasteiger partial charge is 0.0742 e. The average molecular weight is 252 g/mol. The molecule has 88 valence electrons. The Morgan fingerprint density at radius 2 is 1.83 bits per heavy atom. The number of thioether (sulfide) groups is 1. The molecule has 0 unspecified atom stereocenters. The van der Waals surface area contributed by atoms with Crippen molar-refractivity contribution in [1.29, 1.82) is 0 Å². The van der Waals surface area contributed by atoms with Gasteiger partial charge in [0, 0.05) is 34.6 Å². The molecule has 0 radical (unpaired) electrons. The predicted octanol–water partition coefficient (Wildman–Crippen LogP) is 3.92. The molecule has 2 aromatic heterocycles. The van der Waals surface area contributed by atoms with E-state index < -0.39 is 0 Å². The zero-order valence-electron chi connectivity index (χ0n) is 9.78. The van der Waals surface area contributed by atoms with E-state index in [1.165, 1.54) is 15.8 Å². The molecule has 0 aliphatic rings. The normalized spacial score (nSPS) is 10.7. The molecule has 0 N–H and O–H groups in total. The molecule has 0 fully saturated rings. The summed E-state index contributed by atoms with van der Waals surface area (Å²) in [6.07, 6.45) is 5.54. The maximum Gasteiger partial charge on any atom is 0.0742 e. The summed E-state index contributed by atoms with van der Waals surface area (Å²) in [6.45, 7) is 0. The molecular weight excluding hydrogens is 240 g/mol. The number of pyridine rings is 2. The van der Waals surface area contributed by atoms with Gasteiger partial charge in [-0.1, -0.05) is 24.3 Å². The summed E-state index contributed by atoms with van der Waals surface area (Å²) in [4.78, 5) is 9.77. The van der Waals surface area contributed by atoms with Crippen LogP contribution >= 0.6 is 11.8 Å². The maximum absolute atomic E-state index is 4.46. The molecule has 3 heteroatoms. The molecule has 18 heavy (non-hydrogen) atoms. The SMILES string of the molecule is c1cncc(SCc2cccc3cccnc23)c1. The molecule has 0 amide bonds. The van der Waals surface area contributed by atoms with Crippen LogP contribution < -0.4 is 0 Å². The van der Waals surface area contributed by atoms with E-state index in [1.54, 1.807) is 18.0 Å². The van der Waals surface area contributed by atoms with Crippen LogP contribution in [0.4, 0.5) is 0 Å². The molecule has 0 saturated carbocycles. The number of rotatable bonds is 3. The second-order valence-corrected chi connectivity index (χ2v) is 5.02. The molecule has 3 aromatic rings. The van der Waals surface area contributed by atoms with Crippen LogP contribution in [0.1, 0.15) is 5.56 Å². The van der Waals surface area contributed by atoms with Crippen LogP contribution in [-0.2, 0) is 5.75 Å². The lowest BCUT2D eigenvalue weighted by Gasteiger charge is -2.05. The molecule has 0 spiro atoms. The monoisotopic (exact) mass is 252 g/mol. The Kier molecular flexibility index (Phi) is 3.24. The number of benzene rings is 1. The zero-order valence-corrected chi connectivity index (χ0v) is 10.6. The Hall–Kier alpha value is -1.87. The molecule has 0 atom stereocenters. The van der Waals surface area contributed by atoms with E-state index in [0.717, 1.165) is 11.3 Å². The molecule has 3 rings (SSSR count). The summed E-state index contributed by atoms with van der Waals surface area (Å²) in [5.74, 6) is 0.917. The highest BCUT2D eigenvalue weighted by Gasteiger charge is 2.02. The molecular formula is C15H12N2S. The Labute approximate surface area is 110 Å². The van der Waals surface area contributed by atoms with Gasteiger partial charge in [-0.05, 0) is 23.8 Å². The highest BCUT2D eigenvalue weighted by molar-refractivity contribution is 7.98. The van der Waals surface area contributed by atoms with E-state index in [9.17, 15) is 0 Å². The van der Waals surface area contributed by atoms with Crippen molar-refractivity contribution in [3.05, 3.63) is 66.6 Å². The minimum Gasteiger partial charge on any atom is -0.264 e. The first-order valence-corrected chi connectivity index (χ1v) is 6.77. The van der Waals surface area contributed by atoms with E-state index in [0.29, 0.717) is 0 Å². The highest BCUT2D eigenvalue weighted by Crippen LogP contribution is 2.25. The van der Waals surface area contributed by atoms with Crippen LogP contribution in [0.15, 0.2) is 66.0 Å². The van der Waals surface area contributed by atoms with Gasteiger partial charge < -0.3 is 0 Å². The number of fused-ring (bicyclic) bond motifs is 1. The van der Waals surface area contributed by atoms with Crippen molar-refractivity contribution < 1.29 is 0 Å². The zero-order chi connectivity index (χ0) is 12.2. The number of nitrogens with zero attached hydrogens (tertiary/aromatic N) is 2. The number of hydrogen-bond donors (Lipinski definition) is 0. The van der Waals surface area contributed by atoms with Crippen LogP contribution in [0.2, 0.25) is 0 Å². The van der Waals surface area contributed by atoms with Gasteiger partial charge in [-0.3, -0.25) is 9.97 Å². The Balaban J connectivity index is 1.87. The summed E-state index contributed by atoms with van der Waals surface area (Å²) in [6, 6.07) is 14.4. The van der Waals surface area contributed by atoms with Gasteiger partial charge in [0.05, 0.1) is 5.52 Å². The molecule has 0 saturated heterocycles. The van der Waals surface area contributed by atoms with Gasteiger partial charge in [-0.15, -0.1) is 11.8 Å². The molecule has 2 heterocycles. The van der Waals surface area contributed by atoms with Crippen molar-refractivity contribution in [3.8, 4) is 0 Å². The van der Waals surface area contributed by atoms with Crippen molar-refractivity contribution in [1.82, 2.24) is 9.97 Å². The lowest BCUT2D eigenvalue weighted by molar-refractivity contribution is 1.23. The summed E-state index contributed by atoms with van der Waals surface area (Å²) >= 11 is 1.79. The van der Waals surface area contributed by atoms with Crippen molar-refractivity contribution in [2.45, 2.75) is 10.6 Å². The first-order chi connectivity index (χ1) is 8.93. The van der Waals surface area contributed by atoms with Crippen molar-refractivity contribution in [3.63, 3.8) is 0 Å². The number of para-hydroxylation sites is 1. The Morgan fingerprint density at radius 3 is 2.72 bits per heavy atom. The lowest BCUT2D eigenvalue weighted by Crippen LogP contribution is -1.86. The van der Waals surface area contributed by atoms with Gasteiger partial charge in [0.15, 0.2) is 0 Å². The van der Waals surface area contributed by atoms with Gasteiger partial charge in [0.1, 0.15) is 0 Å². The lowest BCUT2D eigenvalue weighted by atomic mass is 10.1. The standard InChI is InChI=1S/C15H12N2S/c1-4-12-6-2-9-17-15(12)13(5-1)11-18-14-7-3-8-16-10-14/h1-10H,11H2. The van der Waals surface area contributed by atoms with Gasteiger partial charge in [0.2, 0.25) is 0 Å². The molecule has 0 aliphatic carbocycles. The first kappa shape index (κ1) is 11.2. The van der Waals surface area contributed by atoms with Crippen molar-refractivity contribution in [2.75, 3.05) is 0 Å². The predicted molar refractivity (Wildman–Crippen MR) is 75.5 cm³/mol. The summed E-state index contributed by atoms with van der Waals surface area (Å²) in [7, 11) is 0. The summed E-state index contributed by atoms with van der Waals surface area (Å²) < 4.78 is 0. The fraction of sp³-hybridized carbons (Fsp3) is 0.0667. The average Bonchev–Trinajstić information content (AvgIpc) is 2.46. The quantitative estimate of drug-likeness (QED) is 0.661. The summed E-state index contributed by atoms with van der Waals surface area (Å²) in [5, 5.41) is 1.20. The van der Waals surface area contributed by atoms with Crippen LogP contribution in [0, 0.1) is 0 Å². The molecule has 2 nitrogen and oxygen atoms in total. The second kappa shape index (κ2) is 5.19. The van der Waals surface area contributed by atoms with E-state index in [4.69, 9.17) is 0 Å². The van der Waals surface area contributed by atoms with Crippen molar-refractivity contribution >= 4 is 22.7 Å². The van der Waals surface area contributed by atoms with Gasteiger partial charge in [0.25, 0.3) is 0 Å². The van der Waals surface area contributed by atoms with Crippen LogP contribution in [0.25, 0.3) is 10.9 Å². The molecule has 0 bridgehead atoms. The summed E-state index contributed by atoms with van der Waals surface area (Å²) in [5.41, 5.74) is 2.36. The third-order valence-electron chi connectivity index (χ3n) is 2.75. The molecule has 0 aliphatic heterocycles. The van der Waals surface area contributed by atoms with E-state index in [-0.39, 0.29) is 0 Å². The third-order valence-corrected chi connectivity index (χ3v) is 3.78. The Bertz CT molecular complexity index is 647. The van der Waals surface area contributed by atoms with Crippen LogP contribution in [0.5, 0.6) is 0 Å². The number of aromatic nitrogens is 2. The fourth-order valence-corrected chi connectivity index (χ4v) is 2.74. The highest BCUT2D eigenvalue weighted by atomic mass is 32.2.